The van der Waals surface area contributed by atoms with Gasteiger partial charge < -0.3 is 10.6 Å². The maximum absolute atomic E-state index is 12.8. The van der Waals surface area contributed by atoms with Crippen molar-refractivity contribution >= 4 is 5.91 Å². The summed E-state index contributed by atoms with van der Waals surface area (Å²) in [6.07, 6.45) is 7.15. The molecule has 2 N–H and O–H groups in total. The fraction of sp³-hybridized carbons (Fsp3) is 0.588. The van der Waals surface area contributed by atoms with Gasteiger partial charge in [0.25, 0.3) is 5.91 Å². The molecule has 2 aliphatic rings. The topological polar surface area (TPSA) is 46.3 Å². The number of carbonyl (C=O) groups excluding carboxylic acids is 1. The van der Waals surface area contributed by atoms with Crippen molar-refractivity contribution in [2.24, 2.45) is 11.7 Å². The van der Waals surface area contributed by atoms with E-state index in [0.29, 0.717) is 12.6 Å². The van der Waals surface area contributed by atoms with Gasteiger partial charge in [-0.15, -0.1) is 0 Å². The SMILES string of the molecule is NCCc1cccc(C(=O)N2CCC3CCCCC32)c1. The van der Waals surface area contributed by atoms with Crippen LogP contribution in [0.1, 0.15) is 48.0 Å². The fourth-order valence-electron chi connectivity index (χ4n) is 3.85. The van der Waals surface area contributed by atoms with Gasteiger partial charge in [-0.1, -0.05) is 25.0 Å². The molecule has 0 bridgehead atoms. The lowest BCUT2D eigenvalue weighted by atomic mass is 9.85. The summed E-state index contributed by atoms with van der Waals surface area (Å²) in [5.41, 5.74) is 7.60. The molecular weight excluding hydrogens is 248 g/mol. The highest BCUT2D eigenvalue weighted by Gasteiger charge is 2.38. The number of nitrogens with zero attached hydrogens (tertiary/aromatic N) is 1. The second kappa shape index (κ2) is 5.96. The van der Waals surface area contributed by atoms with Gasteiger partial charge in [0.05, 0.1) is 0 Å². The Morgan fingerprint density at radius 3 is 2.95 bits per heavy atom. The van der Waals surface area contributed by atoms with Crippen molar-refractivity contribution in [1.29, 1.82) is 0 Å². The summed E-state index contributed by atoms with van der Waals surface area (Å²) in [6.45, 7) is 1.57. The van der Waals surface area contributed by atoms with Gasteiger partial charge in [-0.05, 0) is 55.8 Å². The van der Waals surface area contributed by atoms with E-state index in [-0.39, 0.29) is 5.91 Å². The van der Waals surface area contributed by atoms with Crippen LogP contribution in [0.15, 0.2) is 24.3 Å². The number of carbonyl (C=O) groups is 1. The van der Waals surface area contributed by atoms with Crippen molar-refractivity contribution in [3.8, 4) is 0 Å². The summed E-state index contributed by atoms with van der Waals surface area (Å²) in [5.74, 6) is 0.971. The molecule has 20 heavy (non-hydrogen) atoms. The predicted octanol–water partition coefficient (Wildman–Crippen LogP) is 2.59. The number of nitrogens with two attached hydrogens (primary N) is 1. The van der Waals surface area contributed by atoms with E-state index in [2.05, 4.69) is 11.0 Å². The van der Waals surface area contributed by atoms with Gasteiger partial charge in [0.2, 0.25) is 0 Å². The van der Waals surface area contributed by atoms with Gasteiger partial charge >= 0.3 is 0 Å². The molecular formula is C17H24N2O. The van der Waals surface area contributed by atoms with Crippen LogP contribution in [0.3, 0.4) is 0 Å². The fourth-order valence-corrected chi connectivity index (χ4v) is 3.85. The molecule has 1 saturated heterocycles. The predicted molar refractivity (Wildman–Crippen MR) is 80.6 cm³/mol. The minimum absolute atomic E-state index is 0.221. The molecule has 1 aliphatic carbocycles. The van der Waals surface area contributed by atoms with Crippen LogP contribution in [-0.4, -0.2) is 29.9 Å². The molecule has 0 aromatic heterocycles. The first-order chi connectivity index (χ1) is 9.79. The van der Waals surface area contributed by atoms with Crippen LogP contribution in [0.5, 0.6) is 0 Å². The monoisotopic (exact) mass is 272 g/mol. The molecule has 0 radical (unpaired) electrons. The average Bonchev–Trinajstić information content (AvgIpc) is 2.91. The van der Waals surface area contributed by atoms with E-state index in [9.17, 15) is 4.79 Å². The zero-order valence-electron chi connectivity index (χ0n) is 12.1. The highest BCUT2D eigenvalue weighted by atomic mass is 16.2. The molecule has 1 aromatic carbocycles. The van der Waals surface area contributed by atoms with Crippen molar-refractivity contribution < 1.29 is 4.79 Å². The summed E-state index contributed by atoms with van der Waals surface area (Å²) < 4.78 is 0. The second-order valence-electron chi connectivity index (χ2n) is 6.14. The first kappa shape index (κ1) is 13.6. The van der Waals surface area contributed by atoms with E-state index in [1.54, 1.807) is 0 Å². The Bertz CT molecular complexity index is 486. The molecule has 1 amide bonds. The van der Waals surface area contributed by atoms with Crippen molar-refractivity contribution in [3.05, 3.63) is 35.4 Å². The minimum atomic E-state index is 0.221. The third kappa shape index (κ3) is 2.59. The normalized spacial score (nSPS) is 25.6. The summed E-state index contributed by atoms with van der Waals surface area (Å²) in [6, 6.07) is 8.49. The van der Waals surface area contributed by atoms with Crippen LogP contribution in [-0.2, 0) is 6.42 Å². The summed E-state index contributed by atoms with van der Waals surface area (Å²) >= 11 is 0. The van der Waals surface area contributed by atoms with Gasteiger partial charge in [-0.3, -0.25) is 4.79 Å². The summed E-state index contributed by atoms with van der Waals surface area (Å²) in [5, 5.41) is 0. The largest absolute Gasteiger partial charge is 0.335 e. The number of likely N-dealkylation sites (tertiary alicyclic amines) is 1. The van der Waals surface area contributed by atoms with Gasteiger partial charge in [-0.25, -0.2) is 0 Å². The van der Waals surface area contributed by atoms with Gasteiger partial charge in [-0.2, -0.15) is 0 Å². The van der Waals surface area contributed by atoms with E-state index in [0.717, 1.165) is 30.0 Å². The molecule has 3 nitrogen and oxygen atoms in total. The molecule has 1 heterocycles. The maximum atomic E-state index is 12.8. The Labute approximate surface area is 121 Å². The Morgan fingerprint density at radius 2 is 2.10 bits per heavy atom. The van der Waals surface area contributed by atoms with E-state index in [4.69, 9.17) is 5.73 Å². The third-order valence-corrected chi connectivity index (χ3v) is 4.88. The van der Waals surface area contributed by atoms with Crippen molar-refractivity contribution in [3.63, 3.8) is 0 Å². The van der Waals surface area contributed by atoms with Crippen LogP contribution >= 0.6 is 0 Å². The van der Waals surface area contributed by atoms with E-state index in [1.807, 2.05) is 18.2 Å². The van der Waals surface area contributed by atoms with Gasteiger partial charge in [0, 0.05) is 18.2 Å². The average molecular weight is 272 g/mol. The lowest BCUT2D eigenvalue weighted by molar-refractivity contribution is 0.0690. The Hall–Kier alpha value is -1.35. The van der Waals surface area contributed by atoms with Crippen molar-refractivity contribution in [2.45, 2.75) is 44.6 Å². The molecule has 3 heteroatoms. The number of benzene rings is 1. The second-order valence-corrected chi connectivity index (χ2v) is 6.14. The van der Waals surface area contributed by atoms with Crippen LogP contribution in [0.2, 0.25) is 0 Å². The number of rotatable bonds is 3. The highest BCUT2D eigenvalue weighted by molar-refractivity contribution is 5.94. The van der Waals surface area contributed by atoms with Crippen molar-refractivity contribution in [1.82, 2.24) is 4.90 Å². The van der Waals surface area contributed by atoms with Gasteiger partial charge in [0.15, 0.2) is 0 Å². The molecule has 0 spiro atoms. The number of hydrogen-bond acceptors (Lipinski definition) is 2. The van der Waals surface area contributed by atoms with Crippen LogP contribution in [0.4, 0.5) is 0 Å². The first-order valence-electron chi connectivity index (χ1n) is 7.89. The lowest BCUT2D eigenvalue weighted by Crippen LogP contribution is -2.39. The van der Waals surface area contributed by atoms with Gasteiger partial charge in [0.1, 0.15) is 0 Å². The van der Waals surface area contributed by atoms with Crippen LogP contribution in [0, 0.1) is 5.92 Å². The molecule has 2 atom stereocenters. The molecule has 3 rings (SSSR count). The molecule has 1 aliphatic heterocycles. The van der Waals surface area contributed by atoms with Crippen molar-refractivity contribution in [2.75, 3.05) is 13.1 Å². The zero-order chi connectivity index (χ0) is 13.9. The Kier molecular flexibility index (Phi) is 4.06. The van der Waals surface area contributed by atoms with E-state index in [1.165, 1.54) is 32.1 Å². The number of hydrogen-bond donors (Lipinski definition) is 1. The Balaban J connectivity index is 1.76. The quantitative estimate of drug-likeness (QED) is 0.919. The highest BCUT2D eigenvalue weighted by Crippen LogP contribution is 2.36. The standard InChI is InChI=1S/C17H24N2O/c18-10-8-13-4-3-6-15(12-13)17(20)19-11-9-14-5-1-2-7-16(14)19/h3-4,6,12,14,16H,1-2,5,7-11,18H2. The molecule has 2 fully saturated rings. The maximum Gasteiger partial charge on any atom is 0.254 e. The molecule has 1 aromatic rings. The van der Waals surface area contributed by atoms with Crippen LogP contribution < -0.4 is 5.73 Å². The number of fused-ring (bicyclic) bond motifs is 1. The minimum Gasteiger partial charge on any atom is -0.335 e. The van der Waals surface area contributed by atoms with E-state index < -0.39 is 0 Å². The number of amides is 1. The summed E-state index contributed by atoms with van der Waals surface area (Å²) in [7, 11) is 0. The molecule has 2 unspecified atom stereocenters. The first-order valence-corrected chi connectivity index (χ1v) is 7.89. The Morgan fingerprint density at radius 1 is 1.25 bits per heavy atom. The summed E-state index contributed by atoms with van der Waals surface area (Å²) in [4.78, 5) is 14.9. The van der Waals surface area contributed by atoms with E-state index >= 15 is 0 Å². The van der Waals surface area contributed by atoms with Crippen LogP contribution in [0.25, 0.3) is 0 Å². The molecule has 1 saturated carbocycles. The molecule has 108 valence electrons. The lowest BCUT2D eigenvalue weighted by Gasteiger charge is -2.31. The third-order valence-electron chi connectivity index (χ3n) is 4.88. The smallest absolute Gasteiger partial charge is 0.254 e. The zero-order valence-corrected chi connectivity index (χ0v) is 12.1.